The molecule has 574 valence electrons. The molecule has 3 saturated carbocycles. The third-order valence-corrected chi connectivity index (χ3v) is 22.3. The van der Waals surface area contributed by atoms with E-state index in [1.807, 2.05) is 39.8 Å². The molecule has 33 heteroatoms. The number of Topliss-reactive ketones (excluding diaryl/α,β-unsaturated/α-hetero) is 6. The highest BCUT2D eigenvalue weighted by molar-refractivity contribution is 6.27. The van der Waals surface area contributed by atoms with Gasteiger partial charge in [0.15, 0.2) is 34.2 Å². The van der Waals surface area contributed by atoms with Gasteiger partial charge in [0.25, 0.3) is 17.7 Å². The number of aliphatic hydroxyl groups excluding tert-OH is 6. The van der Waals surface area contributed by atoms with Crippen molar-refractivity contribution < 1.29 is 114 Å². The van der Waals surface area contributed by atoms with Crippen LogP contribution in [0.2, 0.25) is 0 Å². The summed E-state index contributed by atoms with van der Waals surface area (Å²) >= 11 is 0. The molecule has 21 N–H and O–H groups in total. The number of aromatic hydroxyl groups is 3. The van der Waals surface area contributed by atoms with E-state index in [0.29, 0.717) is 16.8 Å². The largest absolute Gasteiger partial charge is 0.508 e. The average Bonchev–Trinajstić information content (AvgIpc) is 0.683. The summed E-state index contributed by atoms with van der Waals surface area (Å²) in [5, 5.41) is 150. The van der Waals surface area contributed by atoms with Gasteiger partial charge in [-0.05, 0) is 155 Å². The molecule has 0 saturated heterocycles. The summed E-state index contributed by atoms with van der Waals surface area (Å²) in [7, 11) is 16.3. The maximum absolute atomic E-state index is 14.0. The SMILES string of the molecule is CN(C)[C@@H]1C(=O)C(C(N)=O)=C(O)[C@@]2(O)C(=O)C3=C(O)c4c(O)cccc4[C@@](C)(O)[C@H]3C[C@@H]12.CN(C)c1cc(NC(=O)CNC(C)(C)C)c(O)c2c1C[C@H]1C[C@H]3[C@H](N(C)C)C(=O)C(C(N)=O)=C(O)[C@@]3(O)C(=O)C1=C2O.CN(C)c1ccc(O)c2c1C[C@H]1C[C@H]3[C@H](N(C)C)C(=O)C(C(N)=O)=C(O)[C@@]3(O)C(=O)C1=C2O. The first-order chi connectivity index (χ1) is 49.4. The van der Waals surface area contributed by atoms with Crippen LogP contribution in [0.4, 0.5) is 17.1 Å². The van der Waals surface area contributed by atoms with Gasteiger partial charge in [-0.25, -0.2) is 0 Å². The van der Waals surface area contributed by atoms with Crippen LogP contribution >= 0.6 is 0 Å². The van der Waals surface area contributed by atoms with E-state index in [1.54, 1.807) is 59.3 Å². The Morgan fingerprint density at radius 2 is 0.879 bits per heavy atom. The minimum Gasteiger partial charge on any atom is -0.508 e. The molecule has 4 amide bonds. The first kappa shape index (κ1) is 79.1. The lowest BCUT2D eigenvalue weighted by Crippen LogP contribution is -2.67. The number of hydrogen-bond acceptors (Lipinski definition) is 29. The fraction of sp³-hybridized carbons (Fsp3) is 0.459. The van der Waals surface area contributed by atoms with Gasteiger partial charge in [0.1, 0.15) is 68.5 Å². The number of anilines is 3. The van der Waals surface area contributed by atoms with Crippen LogP contribution in [0.3, 0.4) is 0 Å². The molecule has 33 nitrogen and oxygen atoms in total. The van der Waals surface area contributed by atoms with Crippen molar-refractivity contribution in [2.75, 3.05) is 92.1 Å². The number of carbonyl (C=O) groups excluding carboxylic acids is 10. The van der Waals surface area contributed by atoms with Gasteiger partial charge in [-0.2, -0.15) is 0 Å². The second-order valence-electron chi connectivity index (χ2n) is 30.9. The lowest BCUT2D eigenvalue weighted by molar-refractivity contribution is -0.159. The summed E-state index contributed by atoms with van der Waals surface area (Å²) in [5.74, 6) is -22.2. The molecule has 107 heavy (non-hydrogen) atoms. The average molecular weight is 1490 g/mol. The number of ketones is 6. The van der Waals surface area contributed by atoms with Crippen LogP contribution in [0.1, 0.15) is 80.3 Å². The molecule has 0 aliphatic heterocycles. The van der Waals surface area contributed by atoms with Crippen molar-refractivity contribution in [3.63, 3.8) is 0 Å². The lowest BCUT2D eigenvalue weighted by Gasteiger charge is -2.53. The van der Waals surface area contributed by atoms with Gasteiger partial charge in [0.2, 0.25) is 23.3 Å². The van der Waals surface area contributed by atoms with Crippen molar-refractivity contribution in [1.82, 2.24) is 20.0 Å². The Balaban J connectivity index is 0.000000174. The summed E-state index contributed by atoms with van der Waals surface area (Å²) in [4.78, 5) is 137. The Kier molecular flexibility index (Phi) is 20.0. The number of nitrogens with zero attached hydrogens (tertiary/aromatic N) is 5. The number of fused-ring (bicyclic) bond motifs is 9. The van der Waals surface area contributed by atoms with E-state index >= 15 is 0 Å². The number of phenolic OH excluding ortho intramolecular Hbond substituents is 3. The monoisotopic (exact) mass is 1490 g/mol. The molecule has 0 aromatic heterocycles. The van der Waals surface area contributed by atoms with Crippen molar-refractivity contribution in [3.05, 3.63) is 120 Å². The Hall–Kier alpha value is -10.5. The van der Waals surface area contributed by atoms with E-state index < -0.39 is 203 Å². The number of phenols is 3. The van der Waals surface area contributed by atoms with E-state index in [-0.39, 0.29) is 89.0 Å². The zero-order valence-corrected chi connectivity index (χ0v) is 61.3. The predicted octanol–water partition coefficient (Wildman–Crippen LogP) is 0.0156. The summed E-state index contributed by atoms with van der Waals surface area (Å²) < 4.78 is 0. The van der Waals surface area contributed by atoms with Crippen LogP contribution in [0.15, 0.2) is 87.1 Å². The number of benzene rings is 3. The molecule has 0 heterocycles. The Labute approximate surface area is 613 Å². The van der Waals surface area contributed by atoms with Crippen LogP contribution in [0, 0.1) is 35.5 Å². The standard InChI is InChI=1S/C29H39N5O8.C23H27N3O7.C22H24N2O8/c1-28(2,3)31-11-17(35)32-15-10-16(33(4)5)13-8-12-9-14-21(34(6)7)24(38)20(27(30)41)26(40)29(14,42)25(39)18(12)23(37)19(13)22(15)36;1-25(2)12-5-6-13(27)15-10(12)7-9-8-11-17(26(3)4)19(29)16(22(24)32)21(31)23(11,33)20(30)14(9)18(15)28;1-21(31)8-5-4-6-11(25)12(8)16(26)13-9(21)7-10-15(24(2)3)17(27)14(20(23)30)19(29)22(10,32)18(13)28/h10,12,14,21,31,36-37,40,42H,8-9,11H2,1-7H3,(H2,30,41)(H,32,35);5-6,9,11,17,27-28,31,33H,7-8H2,1-4H3,(H2,24,32);4-6,9-10,15,25-26,29,31-32H,7H2,1-3H3,(H2,23,30)/t12-,14-,21-,29-;9-,11-,17-,23-;9-,10-,15-,21+,22-/m000/s1. The molecule has 3 aromatic carbocycles. The number of amides is 4. The van der Waals surface area contributed by atoms with Gasteiger partial charge in [-0.3, -0.25) is 62.6 Å². The van der Waals surface area contributed by atoms with Gasteiger partial charge in [0, 0.05) is 85.5 Å². The fourth-order valence-corrected chi connectivity index (χ4v) is 17.5. The predicted molar refractivity (Wildman–Crippen MR) is 384 cm³/mol. The number of nitrogens with two attached hydrogens (primary N) is 3. The molecule has 0 bridgehead atoms. The molecule has 0 unspecified atom stereocenters. The van der Waals surface area contributed by atoms with Crippen molar-refractivity contribution >= 4 is 92.7 Å². The Bertz CT molecular complexity index is 4680. The maximum atomic E-state index is 14.0. The second-order valence-corrected chi connectivity index (χ2v) is 30.9. The lowest BCUT2D eigenvalue weighted by atomic mass is 9.54. The maximum Gasteiger partial charge on any atom is 0.255 e. The van der Waals surface area contributed by atoms with Crippen LogP contribution < -0.4 is 37.6 Å². The van der Waals surface area contributed by atoms with Crippen LogP contribution in [-0.4, -0.2) is 257 Å². The van der Waals surface area contributed by atoms with Gasteiger partial charge >= 0.3 is 0 Å². The molecule has 0 spiro atoms. The van der Waals surface area contributed by atoms with Gasteiger partial charge in [0.05, 0.1) is 52.6 Å². The quantitative estimate of drug-likeness (QED) is 0.0888. The minimum absolute atomic E-state index is 0.00158. The minimum atomic E-state index is -2.75. The molecule has 13 atom stereocenters. The van der Waals surface area contributed by atoms with E-state index in [9.17, 15) is 114 Å². The number of aliphatic hydroxyl groups is 10. The van der Waals surface area contributed by atoms with E-state index in [1.165, 1.54) is 60.0 Å². The molecule has 3 fully saturated rings. The summed E-state index contributed by atoms with van der Waals surface area (Å²) in [6, 6.07) is 5.43. The smallest absolute Gasteiger partial charge is 0.255 e. The Morgan fingerprint density at radius 3 is 1.27 bits per heavy atom. The fourth-order valence-electron chi connectivity index (χ4n) is 17.5. The molecular formula is C74H90N10O23. The molecular weight excluding hydrogens is 1400 g/mol. The topological polar surface area (TPSA) is 552 Å². The first-order valence-corrected chi connectivity index (χ1v) is 34.1. The van der Waals surface area contributed by atoms with Crippen LogP contribution in [-0.2, 0) is 66.4 Å². The van der Waals surface area contributed by atoms with E-state index in [4.69, 9.17) is 17.2 Å². The molecule has 9 aliphatic rings. The van der Waals surface area contributed by atoms with Gasteiger partial charge in [-0.15, -0.1) is 0 Å². The van der Waals surface area contributed by atoms with Gasteiger partial charge < -0.3 is 104 Å². The second kappa shape index (κ2) is 27.1. The van der Waals surface area contributed by atoms with Crippen LogP contribution in [0.25, 0.3) is 17.3 Å². The summed E-state index contributed by atoms with van der Waals surface area (Å²) in [5.41, 5.74) is 4.71. The number of rotatable bonds is 11. The molecule has 12 rings (SSSR count). The number of hydrogen-bond donors (Lipinski definition) is 18. The molecule has 9 aliphatic carbocycles. The first-order valence-electron chi connectivity index (χ1n) is 34.1. The third kappa shape index (κ3) is 11.9. The zero-order valence-electron chi connectivity index (χ0n) is 61.3. The van der Waals surface area contributed by atoms with Crippen LogP contribution in [0.5, 0.6) is 17.2 Å². The highest BCUT2D eigenvalue weighted by Gasteiger charge is 2.69. The zero-order chi connectivity index (χ0) is 80.1. The van der Waals surface area contributed by atoms with E-state index in [2.05, 4.69) is 10.6 Å². The normalized spacial score (nSPS) is 29.3. The van der Waals surface area contributed by atoms with Crippen molar-refractivity contribution in [3.8, 4) is 17.2 Å². The number of primary amides is 3. The summed E-state index contributed by atoms with van der Waals surface area (Å²) in [6.07, 6.45) is 0.241. The van der Waals surface area contributed by atoms with Crippen molar-refractivity contribution in [2.24, 2.45) is 52.7 Å². The Morgan fingerprint density at radius 1 is 0.505 bits per heavy atom. The highest BCUT2D eigenvalue weighted by Crippen LogP contribution is 2.60. The third-order valence-electron chi connectivity index (χ3n) is 22.3. The molecule has 3 aromatic rings. The van der Waals surface area contributed by atoms with Crippen molar-refractivity contribution in [2.45, 2.75) is 106 Å². The number of likely N-dealkylation sites (N-methyl/N-ethyl adjacent to an activating group) is 3. The van der Waals surface area contributed by atoms with Gasteiger partial charge in [-0.1, -0.05) is 12.1 Å². The molecule has 0 radical (unpaired) electrons. The number of carbonyl (C=O) groups is 10. The summed E-state index contributed by atoms with van der Waals surface area (Å²) in [6.45, 7) is 7.02. The highest BCUT2D eigenvalue weighted by atomic mass is 16.4. The number of nitrogens with one attached hydrogen (secondary N) is 2. The van der Waals surface area contributed by atoms with E-state index in [0.717, 1.165) is 5.69 Å². The van der Waals surface area contributed by atoms with Crippen molar-refractivity contribution in [1.29, 1.82) is 0 Å².